The molecule has 5 nitrogen and oxygen atoms in total. The van der Waals surface area contributed by atoms with E-state index in [1.807, 2.05) is 44.4 Å². The van der Waals surface area contributed by atoms with Gasteiger partial charge < -0.3 is 15.0 Å². The van der Waals surface area contributed by atoms with Crippen LogP contribution in [0.25, 0.3) is 0 Å². The molecule has 0 saturated carbocycles. The smallest absolute Gasteiger partial charge is 0.407 e. The summed E-state index contributed by atoms with van der Waals surface area (Å²) in [6.45, 7) is 2.60. The van der Waals surface area contributed by atoms with E-state index in [-0.39, 0.29) is 18.7 Å². The zero-order valence-electron chi connectivity index (χ0n) is 18.8. The maximum atomic E-state index is 12.4. The molecular weight excluding hydrogens is 398 g/mol. The molecule has 0 spiro atoms. The molecule has 1 heterocycles. The van der Waals surface area contributed by atoms with Gasteiger partial charge in [0, 0.05) is 39.4 Å². The maximum absolute atomic E-state index is 12.4. The van der Waals surface area contributed by atoms with E-state index < -0.39 is 0 Å². The zero-order chi connectivity index (χ0) is 22.3. The van der Waals surface area contributed by atoms with Crippen LogP contribution in [0.3, 0.4) is 0 Å². The second-order valence-corrected chi connectivity index (χ2v) is 8.43. The normalized spacial score (nSPS) is 14.3. The van der Waals surface area contributed by atoms with Crippen molar-refractivity contribution >= 4 is 11.8 Å². The van der Waals surface area contributed by atoms with Gasteiger partial charge in [0.25, 0.3) is 0 Å². The van der Waals surface area contributed by atoms with E-state index in [2.05, 4.69) is 63.6 Å². The highest BCUT2D eigenvalue weighted by Crippen LogP contribution is 2.28. The predicted octanol–water partition coefficient (Wildman–Crippen LogP) is 4.78. The molecule has 3 aromatic carbocycles. The van der Waals surface area contributed by atoms with Crippen LogP contribution in [0.15, 0.2) is 78.9 Å². The van der Waals surface area contributed by atoms with Crippen molar-refractivity contribution in [3.05, 3.63) is 101 Å². The van der Waals surface area contributed by atoms with E-state index in [1.54, 1.807) is 0 Å². The molecule has 32 heavy (non-hydrogen) atoms. The number of nitrogens with zero attached hydrogens (tertiary/aromatic N) is 2. The van der Waals surface area contributed by atoms with Gasteiger partial charge in [-0.1, -0.05) is 66.7 Å². The lowest BCUT2D eigenvalue weighted by molar-refractivity contribution is 0.129. The Hall–Kier alpha value is -3.31. The van der Waals surface area contributed by atoms with Crippen LogP contribution in [0, 0.1) is 0 Å². The molecule has 0 fully saturated rings. The lowest BCUT2D eigenvalue weighted by Gasteiger charge is -2.36. The monoisotopic (exact) mass is 429 g/mol. The summed E-state index contributed by atoms with van der Waals surface area (Å²) < 4.78 is 5.43. The van der Waals surface area contributed by atoms with E-state index in [1.165, 1.54) is 16.7 Å². The summed E-state index contributed by atoms with van der Waals surface area (Å²) in [6, 6.07) is 27.0. The molecule has 166 valence electrons. The Kier molecular flexibility index (Phi) is 7.07. The number of nitrogens with one attached hydrogen (secondary N) is 1. The molecule has 0 aliphatic carbocycles. The molecule has 1 atom stereocenters. The van der Waals surface area contributed by atoms with Gasteiger partial charge in [-0.15, -0.1) is 0 Å². The summed E-state index contributed by atoms with van der Waals surface area (Å²) in [5, 5.41) is 3.00. The third kappa shape index (κ3) is 5.48. The number of hydrogen-bond acceptors (Lipinski definition) is 4. The third-order valence-electron chi connectivity index (χ3n) is 6.05. The van der Waals surface area contributed by atoms with Gasteiger partial charge >= 0.3 is 6.09 Å². The SMILES string of the molecule is CN(C)c1ccc([C@H](CNC(=O)OCc2ccccc2)N2CCc3ccccc3C2)cc1. The third-order valence-corrected chi connectivity index (χ3v) is 6.05. The number of carbonyl (C=O) groups excluding carboxylic acids is 1. The number of hydrogen-bond donors (Lipinski definition) is 1. The molecular formula is C27H31N3O2. The van der Waals surface area contributed by atoms with Crippen molar-refractivity contribution in [2.24, 2.45) is 0 Å². The van der Waals surface area contributed by atoms with Crippen molar-refractivity contribution in [1.82, 2.24) is 10.2 Å². The average molecular weight is 430 g/mol. The van der Waals surface area contributed by atoms with Gasteiger partial charge in [0.05, 0.1) is 6.04 Å². The van der Waals surface area contributed by atoms with Gasteiger partial charge in [-0.25, -0.2) is 4.79 Å². The van der Waals surface area contributed by atoms with Crippen molar-refractivity contribution in [2.45, 2.75) is 25.6 Å². The van der Waals surface area contributed by atoms with Crippen LogP contribution in [0.4, 0.5) is 10.5 Å². The lowest BCUT2D eigenvalue weighted by atomic mass is 9.96. The van der Waals surface area contributed by atoms with Crippen LogP contribution < -0.4 is 10.2 Å². The van der Waals surface area contributed by atoms with E-state index in [0.717, 1.165) is 30.8 Å². The minimum Gasteiger partial charge on any atom is -0.445 e. The van der Waals surface area contributed by atoms with Gasteiger partial charge in [-0.05, 0) is 40.8 Å². The van der Waals surface area contributed by atoms with E-state index in [4.69, 9.17) is 4.74 Å². The molecule has 0 aromatic heterocycles. The highest BCUT2D eigenvalue weighted by atomic mass is 16.5. The summed E-state index contributed by atoms with van der Waals surface area (Å²) in [6.07, 6.45) is 0.627. The van der Waals surface area contributed by atoms with E-state index in [0.29, 0.717) is 6.54 Å². The summed E-state index contributed by atoms with van der Waals surface area (Å²) in [5.74, 6) is 0. The van der Waals surface area contributed by atoms with Crippen molar-refractivity contribution in [2.75, 3.05) is 32.1 Å². The average Bonchev–Trinajstić information content (AvgIpc) is 2.83. The summed E-state index contributed by atoms with van der Waals surface area (Å²) >= 11 is 0. The summed E-state index contributed by atoms with van der Waals surface area (Å²) in [4.78, 5) is 17.0. The van der Waals surface area contributed by atoms with Crippen molar-refractivity contribution in [3.8, 4) is 0 Å². The highest BCUT2D eigenvalue weighted by molar-refractivity contribution is 5.67. The van der Waals surface area contributed by atoms with Crippen molar-refractivity contribution in [3.63, 3.8) is 0 Å². The number of anilines is 1. The van der Waals surface area contributed by atoms with Crippen LogP contribution >= 0.6 is 0 Å². The fourth-order valence-corrected chi connectivity index (χ4v) is 4.19. The molecule has 0 unspecified atom stereocenters. The number of ether oxygens (including phenoxy) is 1. The van der Waals surface area contributed by atoms with Crippen LogP contribution in [-0.2, 0) is 24.3 Å². The molecule has 0 saturated heterocycles. The number of rotatable bonds is 7. The Labute approximate surface area is 190 Å². The molecule has 1 N–H and O–H groups in total. The quantitative estimate of drug-likeness (QED) is 0.587. The van der Waals surface area contributed by atoms with Crippen LogP contribution in [-0.4, -0.2) is 38.2 Å². The first-order valence-electron chi connectivity index (χ1n) is 11.1. The number of carbonyl (C=O) groups is 1. The first kappa shape index (κ1) is 21.9. The summed E-state index contributed by atoms with van der Waals surface area (Å²) in [5.41, 5.74) is 6.11. The van der Waals surface area contributed by atoms with E-state index in [9.17, 15) is 4.79 Å². The van der Waals surface area contributed by atoms with Crippen LogP contribution in [0.5, 0.6) is 0 Å². The Morgan fingerprint density at radius 3 is 2.38 bits per heavy atom. The molecule has 1 aliphatic heterocycles. The molecule has 5 heteroatoms. The van der Waals surface area contributed by atoms with Gasteiger partial charge in [0.2, 0.25) is 0 Å². The Balaban J connectivity index is 1.45. The van der Waals surface area contributed by atoms with Crippen molar-refractivity contribution < 1.29 is 9.53 Å². The van der Waals surface area contributed by atoms with Gasteiger partial charge in [-0.3, -0.25) is 4.90 Å². The Morgan fingerprint density at radius 1 is 0.969 bits per heavy atom. The predicted molar refractivity (Wildman–Crippen MR) is 129 cm³/mol. The number of fused-ring (bicyclic) bond motifs is 1. The number of benzene rings is 3. The zero-order valence-corrected chi connectivity index (χ0v) is 18.8. The standard InChI is InChI=1S/C27H31N3O2/c1-29(2)25-14-12-23(13-15-25)26(30-17-16-22-10-6-7-11-24(22)19-30)18-28-27(31)32-20-21-8-4-3-5-9-21/h3-15,26H,16-20H2,1-2H3,(H,28,31)/t26-/m0/s1. The van der Waals surface area contributed by atoms with Gasteiger partial charge in [0.15, 0.2) is 0 Å². The first-order valence-corrected chi connectivity index (χ1v) is 11.1. The topological polar surface area (TPSA) is 44.8 Å². The highest BCUT2D eigenvalue weighted by Gasteiger charge is 2.25. The van der Waals surface area contributed by atoms with Gasteiger partial charge in [0.1, 0.15) is 6.61 Å². The second kappa shape index (κ2) is 10.3. The number of alkyl carbamates (subject to hydrolysis) is 1. The minimum atomic E-state index is -0.388. The fourth-order valence-electron chi connectivity index (χ4n) is 4.19. The Bertz CT molecular complexity index is 1020. The second-order valence-electron chi connectivity index (χ2n) is 8.43. The van der Waals surface area contributed by atoms with Crippen LogP contribution in [0.1, 0.15) is 28.3 Å². The molecule has 1 amide bonds. The molecule has 0 bridgehead atoms. The largest absolute Gasteiger partial charge is 0.445 e. The molecule has 3 aromatic rings. The molecule has 0 radical (unpaired) electrons. The summed E-state index contributed by atoms with van der Waals surface area (Å²) in [7, 11) is 4.08. The minimum absolute atomic E-state index is 0.0730. The molecule has 4 rings (SSSR count). The van der Waals surface area contributed by atoms with Crippen LogP contribution in [0.2, 0.25) is 0 Å². The van der Waals surface area contributed by atoms with Crippen molar-refractivity contribution in [1.29, 1.82) is 0 Å². The first-order chi connectivity index (χ1) is 15.6. The van der Waals surface area contributed by atoms with E-state index >= 15 is 0 Å². The van der Waals surface area contributed by atoms with Gasteiger partial charge in [-0.2, -0.15) is 0 Å². The Morgan fingerprint density at radius 2 is 1.66 bits per heavy atom. The number of amides is 1. The fraction of sp³-hybridized carbons (Fsp3) is 0.296. The molecule has 1 aliphatic rings. The lowest BCUT2D eigenvalue weighted by Crippen LogP contribution is -2.40. The maximum Gasteiger partial charge on any atom is 0.407 e.